The van der Waals surface area contributed by atoms with Crippen molar-refractivity contribution in [2.24, 2.45) is 7.05 Å². The minimum atomic E-state index is -0.310. The molecular weight excluding hydrogens is 442 g/mol. The Labute approximate surface area is 204 Å². The molecule has 9 nitrogen and oxygen atoms in total. The minimum Gasteiger partial charge on any atom is -0.331 e. The molecule has 1 aliphatic heterocycles. The minimum absolute atomic E-state index is 0.205. The quantitative estimate of drug-likeness (QED) is 0.442. The van der Waals surface area contributed by atoms with E-state index in [9.17, 15) is 4.79 Å². The van der Waals surface area contributed by atoms with Gasteiger partial charge in [-0.15, -0.1) is 0 Å². The van der Waals surface area contributed by atoms with Gasteiger partial charge in [-0.05, 0) is 24.6 Å². The van der Waals surface area contributed by atoms with Gasteiger partial charge in [0, 0.05) is 37.5 Å². The van der Waals surface area contributed by atoms with E-state index < -0.39 is 0 Å². The number of hydrogen-bond donors (Lipinski definition) is 2. The van der Waals surface area contributed by atoms with E-state index in [2.05, 4.69) is 15.7 Å². The molecule has 0 saturated carbocycles. The lowest BCUT2D eigenvalue weighted by Crippen LogP contribution is -2.42. The van der Waals surface area contributed by atoms with Gasteiger partial charge in [0.1, 0.15) is 17.6 Å². The van der Waals surface area contributed by atoms with Crippen LogP contribution in [0.2, 0.25) is 0 Å². The molecule has 2 aromatic carbocycles. The van der Waals surface area contributed by atoms with Crippen molar-refractivity contribution in [1.82, 2.24) is 29.9 Å². The van der Waals surface area contributed by atoms with Crippen molar-refractivity contribution in [3.05, 3.63) is 84.2 Å². The number of urea groups is 1. The van der Waals surface area contributed by atoms with Gasteiger partial charge in [-0.25, -0.2) is 9.48 Å². The number of likely N-dealkylation sites (N-methyl/N-ethyl adjacent to an activating group) is 1. The van der Waals surface area contributed by atoms with Crippen molar-refractivity contribution in [2.45, 2.75) is 26.0 Å². The largest absolute Gasteiger partial charge is 0.331 e. The number of hydroxylamine groups is 2. The molecule has 0 radical (unpaired) electrons. The van der Waals surface area contributed by atoms with Gasteiger partial charge in [-0.2, -0.15) is 15.3 Å². The van der Waals surface area contributed by atoms with Gasteiger partial charge in [0.25, 0.3) is 0 Å². The number of benzene rings is 2. The number of carbonyl (C=O) groups is 1. The predicted molar refractivity (Wildman–Crippen MR) is 134 cm³/mol. The van der Waals surface area contributed by atoms with E-state index in [1.807, 2.05) is 92.8 Å². The number of carbonyl (C=O) groups excluding carboxylic acids is 1. The average molecular weight is 472 g/mol. The number of nitrogens with zero attached hydrogens (tertiary/aromatic N) is 5. The lowest BCUT2D eigenvalue weighted by atomic mass is 10.0. The molecule has 35 heavy (non-hydrogen) atoms. The van der Waals surface area contributed by atoms with Crippen LogP contribution in [0.25, 0.3) is 16.9 Å². The molecule has 2 N–H and O–H groups in total. The summed E-state index contributed by atoms with van der Waals surface area (Å²) in [7, 11) is 1.87. The summed E-state index contributed by atoms with van der Waals surface area (Å²) in [6, 6.07) is 19.2. The topological polar surface area (TPSA) is 89.2 Å². The third-order valence-electron chi connectivity index (χ3n) is 6.16. The molecule has 2 amide bonds. The summed E-state index contributed by atoms with van der Waals surface area (Å²) in [5.41, 5.74) is 4.38. The van der Waals surface area contributed by atoms with Crippen LogP contribution in [-0.2, 0) is 11.9 Å². The second-order valence-corrected chi connectivity index (χ2v) is 8.59. The molecule has 0 aliphatic carbocycles. The highest BCUT2D eigenvalue weighted by molar-refractivity contribution is 5.91. The fraction of sp³-hybridized carbons (Fsp3) is 0.269. The fourth-order valence-electron chi connectivity index (χ4n) is 4.38. The van der Waals surface area contributed by atoms with E-state index >= 15 is 0 Å². The van der Waals surface area contributed by atoms with Crippen molar-refractivity contribution < 1.29 is 9.63 Å². The number of hydrogen-bond acceptors (Lipinski definition) is 5. The van der Waals surface area contributed by atoms with Crippen LogP contribution >= 0.6 is 0 Å². The molecule has 0 spiro atoms. The summed E-state index contributed by atoms with van der Waals surface area (Å²) >= 11 is 0. The number of rotatable bonds is 6. The maximum atomic E-state index is 13.3. The highest BCUT2D eigenvalue weighted by atomic mass is 16.7. The molecule has 0 bridgehead atoms. The van der Waals surface area contributed by atoms with E-state index in [0.717, 1.165) is 34.6 Å². The highest BCUT2D eigenvalue weighted by Crippen LogP contribution is 2.31. The first-order chi connectivity index (χ1) is 17.0. The summed E-state index contributed by atoms with van der Waals surface area (Å²) in [5, 5.41) is 17.2. The Morgan fingerprint density at radius 1 is 1.11 bits per heavy atom. The summed E-state index contributed by atoms with van der Waals surface area (Å²) in [6.45, 7) is 5.32. The van der Waals surface area contributed by atoms with Crippen molar-refractivity contribution >= 4 is 11.8 Å². The zero-order valence-corrected chi connectivity index (χ0v) is 20.0. The number of nitrogens with one attached hydrogen (secondary N) is 2. The summed E-state index contributed by atoms with van der Waals surface area (Å²) in [6.07, 6.45) is 3.43. The Hall–Kier alpha value is -3.95. The third-order valence-corrected chi connectivity index (χ3v) is 6.16. The molecule has 1 fully saturated rings. The molecule has 0 unspecified atom stereocenters. The zero-order chi connectivity index (χ0) is 24.4. The number of amides is 2. The first-order valence-corrected chi connectivity index (χ1v) is 11.7. The molecule has 1 saturated heterocycles. The lowest BCUT2D eigenvalue weighted by Gasteiger charge is -2.19. The van der Waals surface area contributed by atoms with Gasteiger partial charge in [0.15, 0.2) is 0 Å². The smallest absolute Gasteiger partial charge is 0.320 e. The number of aryl methyl sites for hydroxylation is 1. The molecular formula is C26H29N7O2. The monoisotopic (exact) mass is 471 g/mol. The Morgan fingerprint density at radius 3 is 2.49 bits per heavy atom. The van der Waals surface area contributed by atoms with Crippen LogP contribution in [0.1, 0.15) is 24.2 Å². The van der Waals surface area contributed by atoms with Crippen LogP contribution in [0, 0.1) is 6.92 Å². The Balaban J connectivity index is 1.43. The number of aromatic nitrogens is 4. The Kier molecular flexibility index (Phi) is 6.35. The molecule has 1 aliphatic rings. The van der Waals surface area contributed by atoms with Crippen LogP contribution in [0.15, 0.2) is 73.1 Å². The normalized spacial score (nSPS) is 18.0. The molecule has 3 heterocycles. The van der Waals surface area contributed by atoms with Crippen LogP contribution in [0.5, 0.6) is 0 Å². The standard InChI is InChI=1S/C26H29N7O2/c1-4-32-17-22(24(35-32)19-11-7-5-8-12-19)28-26(34)29-25-18(2)23(20-15-27-31(3)16-20)30-33(25)21-13-9-6-10-14-21/h5-16,22,24H,4,17H2,1-3H3,(H2,28,29,34)/t22-,24+/m1/s1. The van der Waals surface area contributed by atoms with Gasteiger partial charge >= 0.3 is 6.03 Å². The van der Waals surface area contributed by atoms with Crippen molar-refractivity contribution in [3.8, 4) is 16.9 Å². The molecule has 180 valence electrons. The van der Waals surface area contributed by atoms with E-state index in [0.29, 0.717) is 12.4 Å². The third kappa shape index (κ3) is 4.68. The Bertz CT molecular complexity index is 1300. The van der Waals surface area contributed by atoms with Crippen LogP contribution in [0.3, 0.4) is 0 Å². The molecule has 4 aromatic rings. The van der Waals surface area contributed by atoms with Gasteiger partial charge in [-0.1, -0.05) is 55.5 Å². The van der Waals surface area contributed by atoms with Crippen molar-refractivity contribution in [3.63, 3.8) is 0 Å². The Morgan fingerprint density at radius 2 is 1.83 bits per heavy atom. The summed E-state index contributed by atoms with van der Waals surface area (Å²) in [5.74, 6) is 0.607. The van der Waals surface area contributed by atoms with Crippen molar-refractivity contribution in [1.29, 1.82) is 0 Å². The fourth-order valence-corrected chi connectivity index (χ4v) is 4.38. The molecule has 2 aromatic heterocycles. The molecule has 2 atom stereocenters. The number of para-hydroxylation sites is 1. The summed E-state index contributed by atoms with van der Waals surface area (Å²) in [4.78, 5) is 19.4. The molecule has 9 heteroatoms. The van der Waals surface area contributed by atoms with Gasteiger partial charge in [0.05, 0.1) is 17.9 Å². The van der Waals surface area contributed by atoms with E-state index in [1.165, 1.54) is 0 Å². The van der Waals surface area contributed by atoms with Crippen LogP contribution < -0.4 is 10.6 Å². The van der Waals surface area contributed by atoms with Gasteiger partial charge < -0.3 is 5.32 Å². The maximum absolute atomic E-state index is 13.3. The molecule has 5 rings (SSSR count). The van der Waals surface area contributed by atoms with E-state index in [-0.39, 0.29) is 18.2 Å². The lowest BCUT2D eigenvalue weighted by molar-refractivity contribution is -0.144. The SMILES string of the molecule is CCN1C[C@@H](NC(=O)Nc2c(C)c(-c3cnn(C)c3)nn2-c2ccccc2)[C@H](c2ccccc2)O1. The highest BCUT2D eigenvalue weighted by Gasteiger charge is 2.36. The summed E-state index contributed by atoms with van der Waals surface area (Å²) < 4.78 is 3.49. The van der Waals surface area contributed by atoms with Crippen LogP contribution in [-0.4, -0.2) is 49.8 Å². The maximum Gasteiger partial charge on any atom is 0.320 e. The second-order valence-electron chi connectivity index (χ2n) is 8.59. The number of anilines is 1. The van der Waals surface area contributed by atoms with Crippen molar-refractivity contribution in [2.75, 3.05) is 18.4 Å². The second kappa shape index (κ2) is 9.73. The van der Waals surface area contributed by atoms with Crippen LogP contribution in [0.4, 0.5) is 10.6 Å². The predicted octanol–water partition coefficient (Wildman–Crippen LogP) is 4.08. The first kappa shape index (κ1) is 22.8. The van der Waals surface area contributed by atoms with E-state index in [1.54, 1.807) is 15.6 Å². The average Bonchev–Trinajstić information content (AvgIpc) is 3.58. The van der Waals surface area contributed by atoms with E-state index in [4.69, 9.17) is 9.94 Å². The first-order valence-electron chi connectivity index (χ1n) is 11.7. The van der Waals surface area contributed by atoms with Gasteiger partial charge in [-0.3, -0.25) is 14.8 Å². The zero-order valence-electron chi connectivity index (χ0n) is 20.0. The van der Waals surface area contributed by atoms with Gasteiger partial charge in [0.2, 0.25) is 0 Å².